The van der Waals surface area contributed by atoms with Crippen LogP contribution in [0.2, 0.25) is 0 Å². The Morgan fingerprint density at radius 1 is 0.345 bits per heavy atom. The fourth-order valence-corrected chi connectivity index (χ4v) is 14.5. The van der Waals surface area contributed by atoms with Crippen LogP contribution < -0.4 is 44.2 Å². The van der Waals surface area contributed by atoms with Crippen molar-refractivity contribution in [1.82, 2.24) is 0 Å². The highest BCUT2D eigenvalue weighted by Gasteiger charge is 2.36. The summed E-state index contributed by atoms with van der Waals surface area (Å²) in [5.74, 6) is 1.40. The van der Waals surface area contributed by atoms with Crippen molar-refractivity contribution in [1.29, 1.82) is 0 Å². The largest absolute Gasteiger partial charge is 0.465 e. The number of ether oxygens (including phenoxy) is 4. The van der Waals surface area contributed by atoms with Gasteiger partial charge in [0.2, 0.25) is 0 Å². The molecule has 0 heterocycles. The zero-order valence-electron chi connectivity index (χ0n) is 53.6. The Hall–Kier alpha value is -6.84. The molecule has 0 radical (unpaired) electrons. The summed E-state index contributed by atoms with van der Waals surface area (Å²) in [4.78, 5) is 46.0. The summed E-state index contributed by atoms with van der Waals surface area (Å²) in [5.41, 5.74) is 33.6. The smallest absolute Gasteiger partial charge is 0.337 e. The third-order valence-electron chi connectivity index (χ3n) is 16.9. The lowest BCUT2D eigenvalue weighted by Gasteiger charge is -2.39. The van der Waals surface area contributed by atoms with E-state index in [4.69, 9.17) is 41.9 Å². The molecule has 4 aliphatic rings. The molecule has 0 aromatic heterocycles. The predicted molar refractivity (Wildman–Crippen MR) is 346 cm³/mol. The van der Waals surface area contributed by atoms with Crippen LogP contribution in [-0.2, 0) is 18.9 Å². The Morgan fingerprint density at radius 3 is 0.667 bits per heavy atom. The van der Waals surface area contributed by atoms with E-state index in [9.17, 15) is 19.2 Å². The van der Waals surface area contributed by atoms with Gasteiger partial charge in [0, 0.05) is 24.2 Å². The summed E-state index contributed by atoms with van der Waals surface area (Å²) in [6.45, 7) is 27.8. The number of nitrogens with one attached hydrogen (secondary N) is 4. The lowest BCUT2D eigenvalue weighted by atomic mass is 9.70. The van der Waals surface area contributed by atoms with Crippen molar-refractivity contribution >= 4 is 69.4 Å². The quantitative estimate of drug-likeness (QED) is 0.0373. The van der Waals surface area contributed by atoms with E-state index in [1.807, 2.05) is 24.3 Å². The second kappa shape index (κ2) is 29.3. The second-order valence-electron chi connectivity index (χ2n) is 28.2. The van der Waals surface area contributed by atoms with Crippen molar-refractivity contribution in [2.75, 3.05) is 72.6 Å². The number of rotatable bonds is 12. The van der Waals surface area contributed by atoms with Crippen LogP contribution in [0.15, 0.2) is 72.8 Å². The average molecular weight is 1160 g/mol. The molecule has 12 N–H and O–H groups in total. The summed E-state index contributed by atoms with van der Waals surface area (Å²) in [6, 6.07) is 22.9. The first-order valence-electron chi connectivity index (χ1n) is 30.2. The van der Waals surface area contributed by atoms with Crippen LogP contribution in [0.1, 0.15) is 202 Å². The minimum Gasteiger partial charge on any atom is -0.465 e. The third kappa shape index (κ3) is 20.7. The summed E-state index contributed by atoms with van der Waals surface area (Å²) in [7, 11) is 5.48. The molecule has 4 aromatic rings. The van der Waals surface area contributed by atoms with Crippen molar-refractivity contribution in [3.63, 3.8) is 0 Å². The number of hydrogen-bond acceptors (Lipinski definition) is 16. The number of carbonyl (C=O) groups excluding carboxylic acids is 4. The van der Waals surface area contributed by atoms with Crippen LogP contribution in [0.25, 0.3) is 0 Å². The van der Waals surface area contributed by atoms with Gasteiger partial charge in [0.25, 0.3) is 0 Å². The number of anilines is 8. The van der Waals surface area contributed by atoms with E-state index in [0.717, 1.165) is 74.1 Å². The van der Waals surface area contributed by atoms with E-state index in [0.29, 0.717) is 115 Å². The van der Waals surface area contributed by atoms with Crippen LogP contribution >= 0.6 is 0 Å². The van der Waals surface area contributed by atoms with Crippen LogP contribution in [-0.4, -0.2) is 76.5 Å². The van der Waals surface area contributed by atoms with Crippen molar-refractivity contribution in [3.05, 3.63) is 95.1 Å². The molecule has 16 nitrogen and oxygen atoms in total. The number of nitrogens with two attached hydrogens (primary N) is 4. The van der Waals surface area contributed by atoms with Gasteiger partial charge in [-0.2, -0.15) is 0 Å². The Labute approximate surface area is 502 Å². The molecule has 4 saturated carbocycles. The Morgan fingerprint density at radius 2 is 0.524 bits per heavy atom. The fraction of sp³-hybridized carbons (Fsp3) is 0.588. The first-order chi connectivity index (χ1) is 39.2. The van der Waals surface area contributed by atoms with Crippen molar-refractivity contribution < 1.29 is 38.1 Å². The van der Waals surface area contributed by atoms with Crippen LogP contribution in [0.4, 0.5) is 45.5 Å². The van der Waals surface area contributed by atoms with Gasteiger partial charge in [0.15, 0.2) is 0 Å². The van der Waals surface area contributed by atoms with Crippen molar-refractivity contribution in [3.8, 4) is 0 Å². The first-order valence-corrected chi connectivity index (χ1v) is 30.2. The van der Waals surface area contributed by atoms with Crippen molar-refractivity contribution in [2.45, 2.75) is 184 Å². The Bertz CT molecular complexity index is 2480. The maximum Gasteiger partial charge on any atom is 0.337 e. The van der Waals surface area contributed by atoms with Crippen LogP contribution in [0, 0.1) is 45.3 Å². The lowest BCUT2D eigenvalue weighted by Crippen LogP contribution is -2.35. The van der Waals surface area contributed by atoms with Gasteiger partial charge in [-0.1, -0.05) is 83.1 Å². The van der Waals surface area contributed by atoms with Gasteiger partial charge in [-0.05, 0) is 195 Å². The van der Waals surface area contributed by atoms with E-state index < -0.39 is 0 Å². The zero-order valence-corrected chi connectivity index (χ0v) is 53.6. The molecule has 8 atom stereocenters. The topological polar surface area (TPSA) is 257 Å². The minimum absolute atomic E-state index is 0.357. The van der Waals surface area contributed by atoms with Crippen LogP contribution in [0.5, 0.6) is 0 Å². The highest BCUT2D eigenvalue weighted by Crippen LogP contribution is 2.44. The summed E-state index contributed by atoms with van der Waals surface area (Å²) >= 11 is 0. The Kier molecular flexibility index (Phi) is 23.7. The molecule has 4 fully saturated rings. The molecule has 4 aliphatic carbocycles. The van der Waals surface area contributed by atoms with Crippen molar-refractivity contribution in [2.24, 2.45) is 45.3 Å². The monoisotopic (exact) mass is 1160 g/mol. The van der Waals surface area contributed by atoms with E-state index in [2.05, 4.69) is 104 Å². The molecule has 84 heavy (non-hydrogen) atoms. The molecule has 0 saturated heterocycles. The number of benzene rings is 4. The molecule has 16 heteroatoms. The van der Waals surface area contributed by atoms with E-state index >= 15 is 0 Å². The molecular formula is C68H104N8O8. The number of esters is 4. The van der Waals surface area contributed by atoms with Crippen LogP contribution in [0.3, 0.4) is 0 Å². The molecule has 0 aliphatic heterocycles. The lowest BCUT2D eigenvalue weighted by molar-refractivity contribution is 0.0592. The normalized spacial score (nSPS) is 24.4. The minimum atomic E-state index is -0.360. The molecule has 0 spiro atoms. The standard InChI is InChI=1S/4C17H26N2O2/c4*1-11-7-13(10-17(2,3)9-11)19-15-6-5-12(8-14(15)18)16(20)21-4/h4*5-6,8,11,13,19H,7,9-10,18H2,1-4H3/t2*11-,13+;2*11-,13-/m1010/s1. The van der Waals surface area contributed by atoms with Gasteiger partial charge in [0.05, 0.1) is 96.2 Å². The summed E-state index contributed by atoms with van der Waals surface area (Å²) < 4.78 is 18.8. The molecule has 464 valence electrons. The first kappa shape index (κ1) is 67.9. The SMILES string of the molecule is COC(=O)c1ccc(N[C@@H]2C[C@@H](C)CC(C)(C)C2)c(N)c1.COC(=O)c1ccc(N[C@@H]2C[C@H](C)CC(C)(C)C2)c(N)c1.COC(=O)c1ccc(N[C@H]2C[C@@H](C)CC(C)(C)C2)c(N)c1.COC(=O)c1ccc(N[C@H]2C[C@H](C)CC(C)(C)C2)c(N)c1. The third-order valence-corrected chi connectivity index (χ3v) is 16.9. The fourth-order valence-electron chi connectivity index (χ4n) is 14.5. The molecule has 0 unspecified atom stereocenters. The molecular weight excluding hydrogens is 1060 g/mol. The Balaban J connectivity index is 0.000000205. The van der Waals surface area contributed by atoms with Gasteiger partial charge in [-0.3, -0.25) is 0 Å². The predicted octanol–water partition coefficient (Wildman–Crippen LogP) is 14.7. The average Bonchev–Trinajstić information content (AvgIpc) is 3.37. The van der Waals surface area contributed by atoms with Gasteiger partial charge in [-0.25, -0.2) is 19.2 Å². The van der Waals surface area contributed by atoms with E-state index in [1.54, 1.807) is 48.5 Å². The molecule has 4 aromatic carbocycles. The van der Waals surface area contributed by atoms with Gasteiger partial charge >= 0.3 is 23.9 Å². The van der Waals surface area contributed by atoms with E-state index in [1.165, 1.54) is 54.1 Å². The highest BCUT2D eigenvalue weighted by atomic mass is 16.5. The van der Waals surface area contributed by atoms with Gasteiger partial charge < -0.3 is 63.1 Å². The maximum absolute atomic E-state index is 11.5. The highest BCUT2D eigenvalue weighted by molar-refractivity contribution is 5.94. The summed E-state index contributed by atoms with van der Waals surface area (Å²) in [5, 5.41) is 14.2. The molecule has 0 amide bonds. The molecule has 0 bridgehead atoms. The molecule has 8 rings (SSSR count). The number of carbonyl (C=O) groups is 4. The number of methoxy groups -OCH3 is 4. The summed E-state index contributed by atoms with van der Waals surface area (Å²) in [6.07, 6.45) is 14.2. The number of hydrogen-bond donors (Lipinski definition) is 8. The second-order valence-corrected chi connectivity index (χ2v) is 28.2. The zero-order chi connectivity index (χ0) is 62.5. The number of nitrogen functional groups attached to an aromatic ring is 4. The maximum atomic E-state index is 11.5. The van der Waals surface area contributed by atoms with Gasteiger partial charge in [0.1, 0.15) is 0 Å². The van der Waals surface area contributed by atoms with Gasteiger partial charge in [-0.15, -0.1) is 0 Å². The van der Waals surface area contributed by atoms with E-state index in [-0.39, 0.29) is 23.9 Å².